The Hall–Kier alpha value is -2.08. The second-order valence-electron chi connectivity index (χ2n) is 5.96. The SMILES string of the molecule is C[C@@H]1CNCCN1C(=O)CCNC(=O)N(C)Cc1ccccc1. The van der Waals surface area contributed by atoms with Gasteiger partial charge in [-0.3, -0.25) is 4.79 Å². The molecule has 1 atom stereocenters. The van der Waals surface area contributed by atoms with Crippen LogP contribution in [0.5, 0.6) is 0 Å². The molecule has 1 aromatic carbocycles. The molecule has 1 aliphatic heterocycles. The summed E-state index contributed by atoms with van der Waals surface area (Å²) in [4.78, 5) is 27.7. The maximum Gasteiger partial charge on any atom is 0.317 e. The van der Waals surface area contributed by atoms with Crippen molar-refractivity contribution in [2.75, 3.05) is 33.2 Å². The van der Waals surface area contributed by atoms with E-state index >= 15 is 0 Å². The predicted octanol–water partition coefficient (Wildman–Crippen LogP) is 1.04. The molecule has 0 radical (unpaired) electrons. The molecule has 1 aliphatic rings. The summed E-state index contributed by atoms with van der Waals surface area (Å²) in [6.07, 6.45) is 0.343. The first-order valence-corrected chi connectivity index (χ1v) is 8.11. The smallest absolute Gasteiger partial charge is 0.317 e. The zero-order valence-corrected chi connectivity index (χ0v) is 13.9. The minimum atomic E-state index is -0.157. The summed E-state index contributed by atoms with van der Waals surface area (Å²) in [5, 5.41) is 6.07. The van der Waals surface area contributed by atoms with E-state index in [4.69, 9.17) is 0 Å². The van der Waals surface area contributed by atoms with Crippen LogP contribution in [0.15, 0.2) is 30.3 Å². The molecule has 1 aromatic rings. The van der Waals surface area contributed by atoms with Crippen LogP contribution in [-0.2, 0) is 11.3 Å². The summed E-state index contributed by atoms with van der Waals surface area (Å²) in [7, 11) is 1.75. The van der Waals surface area contributed by atoms with E-state index in [-0.39, 0.29) is 18.0 Å². The van der Waals surface area contributed by atoms with Crippen molar-refractivity contribution in [2.45, 2.75) is 25.9 Å². The molecular formula is C17H26N4O2. The van der Waals surface area contributed by atoms with Crippen molar-refractivity contribution < 1.29 is 9.59 Å². The zero-order chi connectivity index (χ0) is 16.7. The highest BCUT2D eigenvalue weighted by molar-refractivity contribution is 5.78. The molecule has 2 rings (SSSR count). The van der Waals surface area contributed by atoms with Gasteiger partial charge >= 0.3 is 6.03 Å². The van der Waals surface area contributed by atoms with Crippen molar-refractivity contribution in [3.05, 3.63) is 35.9 Å². The number of amides is 3. The Morgan fingerprint density at radius 2 is 2.09 bits per heavy atom. The van der Waals surface area contributed by atoms with Gasteiger partial charge in [-0.15, -0.1) is 0 Å². The number of rotatable bonds is 5. The fraction of sp³-hybridized carbons (Fsp3) is 0.529. The van der Waals surface area contributed by atoms with Crippen molar-refractivity contribution in [1.82, 2.24) is 20.4 Å². The molecule has 1 fully saturated rings. The van der Waals surface area contributed by atoms with Crippen LogP contribution < -0.4 is 10.6 Å². The minimum absolute atomic E-state index is 0.102. The van der Waals surface area contributed by atoms with Crippen LogP contribution in [0.4, 0.5) is 4.79 Å². The highest BCUT2D eigenvalue weighted by Gasteiger charge is 2.22. The third-order valence-electron chi connectivity index (χ3n) is 4.05. The van der Waals surface area contributed by atoms with Gasteiger partial charge in [0.05, 0.1) is 0 Å². The second-order valence-corrected chi connectivity index (χ2v) is 5.96. The van der Waals surface area contributed by atoms with Gasteiger partial charge in [-0.2, -0.15) is 0 Å². The number of carbonyl (C=O) groups is 2. The number of hydrogen-bond donors (Lipinski definition) is 2. The zero-order valence-electron chi connectivity index (χ0n) is 13.9. The third kappa shape index (κ3) is 5.25. The maximum atomic E-state index is 12.2. The van der Waals surface area contributed by atoms with Crippen LogP contribution >= 0.6 is 0 Å². The van der Waals surface area contributed by atoms with E-state index < -0.39 is 0 Å². The van der Waals surface area contributed by atoms with E-state index in [9.17, 15) is 9.59 Å². The first kappa shape index (κ1) is 17.3. The van der Waals surface area contributed by atoms with Crippen LogP contribution in [0.3, 0.4) is 0 Å². The van der Waals surface area contributed by atoms with Gasteiger partial charge in [0, 0.05) is 52.2 Å². The Bertz CT molecular complexity index is 521. The third-order valence-corrected chi connectivity index (χ3v) is 4.05. The van der Waals surface area contributed by atoms with Gasteiger partial charge in [0.2, 0.25) is 5.91 Å². The Labute approximate surface area is 137 Å². The lowest BCUT2D eigenvalue weighted by atomic mass is 10.2. The average molecular weight is 318 g/mol. The molecule has 0 saturated carbocycles. The van der Waals surface area contributed by atoms with Crippen molar-refractivity contribution in [3.63, 3.8) is 0 Å². The second kappa shape index (κ2) is 8.53. The molecule has 23 heavy (non-hydrogen) atoms. The highest BCUT2D eigenvalue weighted by atomic mass is 16.2. The number of carbonyl (C=O) groups excluding carboxylic acids is 2. The number of hydrogen-bond acceptors (Lipinski definition) is 3. The Kier molecular flexibility index (Phi) is 6.40. The fourth-order valence-electron chi connectivity index (χ4n) is 2.70. The van der Waals surface area contributed by atoms with Gasteiger partial charge < -0.3 is 20.4 Å². The lowest BCUT2D eigenvalue weighted by molar-refractivity contribution is -0.133. The highest BCUT2D eigenvalue weighted by Crippen LogP contribution is 2.05. The topological polar surface area (TPSA) is 64.7 Å². The van der Waals surface area contributed by atoms with Crippen LogP contribution in [0.25, 0.3) is 0 Å². The number of nitrogens with one attached hydrogen (secondary N) is 2. The molecular weight excluding hydrogens is 292 g/mol. The molecule has 0 bridgehead atoms. The van der Waals surface area contributed by atoms with Gasteiger partial charge in [-0.25, -0.2) is 4.79 Å². The first-order chi connectivity index (χ1) is 11.1. The quantitative estimate of drug-likeness (QED) is 0.852. The summed E-state index contributed by atoms with van der Waals surface area (Å²) < 4.78 is 0. The fourth-order valence-corrected chi connectivity index (χ4v) is 2.70. The predicted molar refractivity (Wildman–Crippen MR) is 90.0 cm³/mol. The van der Waals surface area contributed by atoms with Crippen LogP contribution in [0.2, 0.25) is 0 Å². The Morgan fingerprint density at radius 3 is 2.78 bits per heavy atom. The molecule has 3 amide bonds. The molecule has 0 aliphatic carbocycles. The van der Waals surface area contributed by atoms with Gasteiger partial charge in [-0.1, -0.05) is 30.3 Å². The van der Waals surface area contributed by atoms with Gasteiger partial charge in [0.1, 0.15) is 0 Å². The van der Waals surface area contributed by atoms with Gasteiger partial charge in [0.25, 0.3) is 0 Å². The van der Waals surface area contributed by atoms with E-state index in [1.54, 1.807) is 11.9 Å². The Morgan fingerprint density at radius 1 is 1.35 bits per heavy atom. The van der Waals surface area contributed by atoms with Crippen LogP contribution in [-0.4, -0.2) is 61.0 Å². The number of nitrogens with zero attached hydrogens (tertiary/aromatic N) is 2. The first-order valence-electron chi connectivity index (χ1n) is 8.11. The van der Waals surface area contributed by atoms with Crippen molar-refractivity contribution in [2.24, 2.45) is 0 Å². The molecule has 6 heteroatoms. The summed E-state index contributed by atoms with van der Waals surface area (Å²) >= 11 is 0. The molecule has 0 unspecified atom stereocenters. The van der Waals surface area contributed by atoms with Gasteiger partial charge in [0.15, 0.2) is 0 Å². The van der Waals surface area contributed by atoms with E-state index in [0.717, 1.165) is 25.2 Å². The Balaban J connectivity index is 1.70. The van der Waals surface area contributed by atoms with Crippen molar-refractivity contribution >= 4 is 11.9 Å². The molecule has 1 saturated heterocycles. The van der Waals surface area contributed by atoms with E-state index in [2.05, 4.69) is 10.6 Å². The lowest BCUT2D eigenvalue weighted by Crippen LogP contribution is -2.52. The van der Waals surface area contributed by atoms with Crippen molar-refractivity contribution in [1.29, 1.82) is 0 Å². The van der Waals surface area contributed by atoms with E-state index in [0.29, 0.717) is 19.5 Å². The number of urea groups is 1. The van der Waals surface area contributed by atoms with Gasteiger partial charge in [-0.05, 0) is 12.5 Å². The molecule has 6 nitrogen and oxygen atoms in total. The minimum Gasteiger partial charge on any atom is -0.337 e. The molecule has 0 spiro atoms. The summed E-state index contributed by atoms with van der Waals surface area (Å²) in [6.45, 7) is 5.36. The lowest BCUT2D eigenvalue weighted by Gasteiger charge is -2.34. The van der Waals surface area contributed by atoms with Crippen LogP contribution in [0.1, 0.15) is 18.9 Å². The van der Waals surface area contributed by atoms with Crippen LogP contribution in [0, 0.1) is 0 Å². The summed E-state index contributed by atoms with van der Waals surface area (Å²) in [5.41, 5.74) is 1.08. The van der Waals surface area contributed by atoms with E-state index in [1.165, 1.54) is 0 Å². The normalized spacial score (nSPS) is 17.7. The molecule has 1 heterocycles. The maximum absolute atomic E-state index is 12.2. The van der Waals surface area contributed by atoms with Crippen molar-refractivity contribution in [3.8, 4) is 0 Å². The molecule has 126 valence electrons. The largest absolute Gasteiger partial charge is 0.337 e. The molecule has 2 N–H and O–H groups in total. The summed E-state index contributed by atoms with van der Waals surface area (Å²) in [5.74, 6) is 0.102. The summed E-state index contributed by atoms with van der Waals surface area (Å²) in [6, 6.07) is 9.88. The molecule has 0 aromatic heterocycles. The number of benzene rings is 1. The monoisotopic (exact) mass is 318 g/mol. The van der Waals surface area contributed by atoms with E-state index in [1.807, 2.05) is 42.2 Å². The average Bonchev–Trinajstić information content (AvgIpc) is 2.56. The number of piperazine rings is 1. The standard InChI is InChI=1S/C17H26N4O2/c1-14-12-18-10-11-21(14)16(22)8-9-19-17(23)20(2)13-15-6-4-3-5-7-15/h3-7,14,18H,8-13H2,1-2H3,(H,19,23)/t14-/m1/s1.